The fourth-order valence-electron chi connectivity index (χ4n) is 4.34. The molecule has 0 saturated heterocycles. The average Bonchev–Trinajstić information content (AvgIpc) is 3.18. The first kappa shape index (κ1) is 21.8. The Balaban J connectivity index is 1.57. The smallest absolute Gasteiger partial charge is 0.213 e. The van der Waals surface area contributed by atoms with Gasteiger partial charge in [0.1, 0.15) is 17.8 Å². The Kier molecular flexibility index (Phi) is 6.91. The molecule has 1 aliphatic carbocycles. The van der Waals surface area contributed by atoms with Crippen molar-refractivity contribution in [2.75, 3.05) is 0 Å². The van der Waals surface area contributed by atoms with E-state index in [4.69, 9.17) is 21.4 Å². The van der Waals surface area contributed by atoms with Crippen molar-refractivity contribution in [3.8, 4) is 11.6 Å². The van der Waals surface area contributed by atoms with Crippen LogP contribution in [-0.4, -0.2) is 25.9 Å². The lowest BCUT2D eigenvalue weighted by Crippen LogP contribution is -2.25. The van der Waals surface area contributed by atoms with E-state index < -0.39 is 0 Å². The Morgan fingerprint density at radius 1 is 1.13 bits per heavy atom. The van der Waals surface area contributed by atoms with Crippen LogP contribution in [0.4, 0.5) is 0 Å². The van der Waals surface area contributed by atoms with Crippen LogP contribution >= 0.6 is 11.6 Å². The van der Waals surface area contributed by atoms with E-state index in [2.05, 4.69) is 41.5 Å². The van der Waals surface area contributed by atoms with Gasteiger partial charge in [-0.2, -0.15) is 0 Å². The van der Waals surface area contributed by atoms with Crippen LogP contribution in [0.5, 0.6) is 5.88 Å². The third-order valence-corrected chi connectivity index (χ3v) is 6.58. The topological polar surface area (TPSA) is 52.8 Å². The summed E-state index contributed by atoms with van der Waals surface area (Å²) in [5.74, 6) is 3.76. The monoisotopic (exact) mass is 438 g/mol. The van der Waals surface area contributed by atoms with Crippen molar-refractivity contribution in [1.82, 2.24) is 19.7 Å². The third-order valence-electron chi connectivity index (χ3n) is 6.35. The van der Waals surface area contributed by atoms with E-state index in [0.717, 1.165) is 66.4 Å². The lowest BCUT2D eigenvalue weighted by molar-refractivity contribution is 0.139. The van der Waals surface area contributed by atoms with Gasteiger partial charge in [0.15, 0.2) is 0 Å². The second-order valence-corrected chi connectivity index (χ2v) is 9.15. The van der Waals surface area contributed by atoms with Gasteiger partial charge in [-0.05, 0) is 68.4 Å². The molecule has 0 spiro atoms. The van der Waals surface area contributed by atoms with E-state index in [-0.39, 0.29) is 6.10 Å². The molecule has 1 unspecified atom stereocenters. The van der Waals surface area contributed by atoms with Crippen LogP contribution in [0.15, 0.2) is 42.6 Å². The molecule has 0 bridgehead atoms. The zero-order valence-electron chi connectivity index (χ0n) is 18.6. The minimum atomic E-state index is 0.208. The molecule has 2 aromatic heterocycles. The first-order valence-corrected chi connectivity index (χ1v) is 11.7. The molecule has 1 aromatic carbocycles. The largest absolute Gasteiger partial charge is 0.474 e. The molecular formula is C25H31ClN4O. The number of benzene rings is 1. The first-order chi connectivity index (χ1) is 15.0. The molecule has 4 rings (SSSR count). The summed E-state index contributed by atoms with van der Waals surface area (Å²) in [4.78, 5) is 4.30. The molecule has 6 heteroatoms. The van der Waals surface area contributed by atoms with Gasteiger partial charge in [0, 0.05) is 29.6 Å². The zero-order valence-corrected chi connectivity index (χ0v) is 19.3. The molecular weight excluding hydrogens is 408 g/mol. The number of aromatic nitrogens is 4. The number of hydrogen-bond donors (Lipinski definition) is 0. The predicted octanol–water partition coefficient (Wildman–Crippen LogP) is 6.32. The van der Waals surface area contributed by atoms with Crippen LogP contribution in [0.3, 0.4) is 0 Å². The number of aryl methyl sites for hydroxylation is 1. The van der Waals surface area contributed by atoms with Crippen LogP contribution in [-0.2, 0) is 6.42 Å². The predicted molar refractivity (Wildman–Crippen MR) is 124 cm³/mol. The van der Waals surface area contributed by atoms with Crippen LogP contribution < -0.4 is 4.74 Å². The van der Waals surface area contributed by atoms with Crippen molar-refractivity contribution in [2.45, 2.75) is 71.3 Å². The Bertz CT molecular complexity index is 996. The fraction of sp³-hybridized carbons (Fsp3) is 0.480. The highest BCUT2D eigenvalue weighted by Crippen LogP contribution is 2.36. The summed E-state index contributed by atoms with van der Waals surface area (Å²) >= 11 is 6.24. The lowest BCUT2D eigenvalue weighted by atomic mass is 9.86. The molecule has 164 valence electrons. The Labute approximate surface area is 189 Å². The average molecular weight is 439 g/mol. The normalized spacial score (nSPS) is 19.9. The summed E-state index contributed by atoms with van der Waals surface area (Å²) in [5.41, 5.74) is 2.28. The number of ether oxygens (including phenoxy) is 1. The van der Waals surface area contributed by atoms with Crippen molar-refractivity contribution in [3.05, 3.63) is 64.8 Å². The number of pyridine rings is 1. The molecule has 1 atom stereocenters. The van der Waals surface area contributed by atoms with Gasteiger partial charge in [-0.3, -0.25) is 4.57 Å². The van der Waals surface area contributed by atoms with E-state index >= 15 is 0 Å². The number of hydrogen-bond acceptors (Lipinski definition) is 4. The van der Waals surface area contributed by atoms with E-state index in [0.29, 0.717) is 17.7 Å². The lowest BCUT2D eigenvalue weighted by Gasteiger charge is -2.28. The molecule has 3 aromatic rings. The Morgan fingerprint density at radius 2 is 1.94 bits per heavy atom. The fourth-order valence-corrected chi connectivity index (χ4v) is 4.57. The highest BCUT2D eigenvalue weighted by molar-refractivity contribution is 6.30. The van der Waals surface area contributed by atoms with Gasteiger partial charge >= 0.3 is 0 Å². The van der Waals surface area contributed by atoms with E-state index in [9.17, 15) is 0 Å². The minimum absolute atomic E-state index is 0.208. The van der Waals surface area contributed by atoms with Crippen molar-refractivity contribution in [3.63, 3.8) is 0 Å². The molecule has 0 aliphatic heterocycles. The molecule has 1 fully saturated rings. The number of nitrogens with zero attached hydrogens (tertiary/aromatic N) is 4. The Morgan fingerprint density at radius 3 is 2.61 bits per heavy atom. The summed E-state index contributed by atoms with van der Waals surface area (Å²) in [6.45, 7) is 6.60. The summed E-state index contributed by atoms with van der Waals surface area (Å²) < 4.78 is 8.38. The quantitative estimate of drug-likeness (QED) is 0.433. The number of halogens is 1. The van der Waals surface area contributed by atoms with Crippen molar-refractivity contribution < 1.29 is 4.74 Å². The van der Waals surface area contributed by atoms with Gasteiger partial charge in [0.25, 0.3) is 0 Å². The van der Waals surface area contributed by atoms with E-state index in [1.807, 2.05) is 30.3 Å². The van der Waals surface area contributed by atoms with E-state index in [1.54, 1.807) is 6.20 Å². The van der Waals surface area contributed by atoms with Crippen LogP contribution in [0, 0.1) is 12.8 Å². The highest BCUT2D eigenvalue weighted by atomic mass is 35.5. The van der Waals surface area contributed by atoms with Crippen molar-refractivity contribution >= 4 is 11.6 Å². The van der Waals surface area contributed by atoms with Gasteiger partial charge in [-0.15, -0.1) is 10.2 Å². The second kappa shape index (κ2) is 9.82. The van der Waals surface area contributed by atoms with Gasteiger partial charge in [-0.1, -0.05) is 37.9 Å². The molecule has 0 N–H and O–H groups in total. The van der Waals surface area contributed by atoms with Gasteiger partial charge in [0.05, 0.1) is 5.69 Å². The van der Waals surface area contributed by atoms with Crippen LogP contribution in [0.25, 0.3) is 5.69 Å². The molecule has 0 radical (unpaired) electrons. The SMILES string of the molecule is CCC(C)Cc1nnc(C2CCC(Oc3ccccn3)CC2)n1-c1ccc(Cl)cc1C. The summed E-state index contributed by atoms with van der Waals surface area (Å²) in [7, 11) is 0. The zero-order chi connectivity index (χ0) is 21.8. The number of rotatable bonds is 7. The summed E-state index contributed by atoms with van der Waals surface area (Å²) in [6.07, 6.45) is 8.08. The summed E-state index contributed by atoms with van der Waals surface area (Å²) in [5, 5.41) is 10.1. The molecule has 0 amide bonds. The minimum Gasteiger partial charge on any atom is -0.474 e. The summed E-state index contributed by atoms with van der Waals surface area (Å²) in [6, 6.07) is 11.9. The van der Waals surface area contributed by atoms with Gasteiger partial charge in [0.2, 0.25) is 5.88 Å². The van der Waals surface area contributed by atoms with Crippen LogP contribution in [0.2, 0.25) is 5.02 Å². The molecule has 1 aliphatic rings. The van der Waals surface area contributed by atoms with Crippen molar-refractivity contribution in [1.29, 1.82) is 0 Å². The van der Waals surface area contributed by atoms with Gasteiger partial charge < -0.3 is 4.74 Å². The maximum absolute atomic E-state index is 6.24. The maximum atomic E-state index is 6.24. The maximum Gasteiger partial charge on any atom is 0.213 e. The van der Waals surface area contributed by atoms with Crippen molar-refractivity contribution in [2.24, 2.45) is 5.92 Å². The van der Waals surface area contributed by atoms with Gasteiger partial charge in [-0.25, -0.2) is 4.98 Å². The first-order valence-electron chi connectivity index (χ1n) is 11.3. The standard InChI is InChI=1S/C25H31ClN4O/c1-4-17(2)15-23-28-29-25(30(23)22-13-10-20(26)16-18(22)3)19-8-11-21(12-9-19)31-24-7-5-6-14-27-24/h5-7,10,13-14,16-17,19,21H,4,8-9,11-12,15H2,1-3H3. The molecule has 2 heterocycles. The highest BCUT2D eigenvalue weighted by Gasteiger charge is 2.29. The molecule has 31 heavy (non-hydrogen) atoms. The molecule has 5 nitrogen and oxygen atoms in total. The second-order valence-electron chi connectivity index (χ2n) is 8.72. The Hall–Kier alpha value is -2.40. The third kappa shape index (κ3) is 5.09. The van der Waals surface area contributed by atoms with Crippen LogP contribution in [0.1, 0.15) is 69.1 Å². The molecule has 1 saturated carbocycles. The van der Waals surface area contributed by atoms with E-state index in [1.165, 1.54) is 0 Å².